The van der Waals surface area contributed by atoms with Crippen LogP contribution in [0, 0.1) is 0 Å². The summed E-state index contributed by atoms with van der Waals surface area (Å²) in [5, 5.41) is 4.52. The standard InChI is InChI=1S/C12H11BrN2OS2/c1-2-15-10(16)5-7-3-4-17-12-8(11(7)14-15)6-9(13)18-12/h5-6H,2-4H2,1H3. The Kier molecular flexibility index (Phi) is 3.34. The van der Waals surface area contributed by atoms with Crippen molar-refractivity contribution >= 4 is 39.0 Å². The van der Waals surface area contributed by atoms with E-state index in [1.807, 2.05) is 18.7 Å². The molecule has 3 heterocycles. The monoisotopic (exact) mass is 342 g/mol. The van der Waals surface area contributed by atoms with Crippen molar-refractivity contribution in [1.82, 2.24) is 9.78 Å². The minimum Gasteiger partial charge on any atom is -0.268 e. The molecular weight excluding hydrogens is 332 g/mol. The molecule has 2 aromatic rings. The first-order chi connectivity index (χ1) is 8.69. The lowest BCUT2D eigenvalue weighted by Crippen LogP contribution is -2.23. The molecule has 0 unspecified atom stereocenters. The molecule has 3 rings (SSSR count). The molecule has 0 amide bonds. The fourth-order valence-corrected chi connectivity index (χ4v) is 5.27. The summed E-state index contributed by atoms with van der Waals surface area (Å²) in [7, 11) is 0. The maximum atomic E-state index is 11.8. The number of hydrogen-bond acceptors (Lipinski definition) is 4. The molecular formula is C12H11BrN2OS2. The largest absolute Gasteiger partial charge is 0.268 e. The Morgan fingerprint density at radius 1 is 1.50 bits per heavy atom. The third-order valence-corrected chi connectivity index (χ3v) is 5.83. The highest BCUT2D eigenvalue weighted by atomic mass is 79.9. The molecule has 6 heteroatoms. The van der Waals surface area contributed by atoms with Crippen LogP contribution in [-0.2, 0) is 13.0 Å². The van der Waals surface area contributed by atoms with E-state index < -0.39 is 0 Å². The smallest absolute Gasteiger partial charge is 0.267 e. The summed E-state index contributed by atoms with van der Waals surface area (Å²) in [5.74, 6) is 1.00. The van der Waals surface area contributed by atoms with Crippen molar-refractivity contribution in [2.45, 2.75) is 24.1 Å². The Morgan fingerprint density at radius 3 is 3.11 bits per heavy atom. The number of nitrogens with zero attached hydrogens (tertiary/aromatic N) is 2. The third-order valence-electron chi connectivity index (χ3n) is 2.90. The van der Waals surface area contributed by atoms with Gasteiger partial charge in [-0.2, -0.15) is 5.10 Å². The Hall–Kier alpha value is -0.590. The third kappa shape index (κ3) is 2.06. The normalized spacial score (nSPS) is 13.9. The molecule has 3 nitrogen and oxygen atoms in total. The minimum absolute atomic E-state index is 0.000930. The number of rotatable bonds is 1. The van der Waals surface area contributed by atoms with Gasteiger partial charge < -0.3 is 0 Å². The lowest BCUT2D eigenvalue weighted by atomic mass is 10.1. The maximum Gasteiger partial charge on any atom is 0.267 e. The van der Waals surface area contributed by atoms with Gasteiger partial charge in [-0.05, 0) is 40.9 Å². The minimum atomic E-state index is -0.000930. The van der Waals surface area contributed by atoms with E-state index in [1.165, 1.54) is 8.89 Å². The number of aryl methyl sites for hydroxylation is 2. The number of aromatic nitrogens is 2. The second-order valence-electron chi connectivity index (χ2n) is 4.02. The summed E-state index contributed by atoms with van der Waals surface area (Å²) in [4.78, 5) is 11.8. The van der Waals surface area contributed by atoms with Crippen LogP contribution in [0.25, 0.3) is 11.3 Å². The van der Waals surface area contributed by atoms with Gasteiger partial charge in [0, 0.05) is 23.9 Å². The van der Waals surface area contributed by atoms with E-state index in [-0.39, 0.29) is 5.56 Å². The van der Waals surface area contributed by atoms with Gasteiger partial charge >= 0.3 is 0 Å². The first-order valence-corrected chi connectivity index (χ1v) is 8.32. The van der Waals surface area contributed by atoms with E-state index in [1.54, 1.807) is 17.4 Å². The van der Waals surface area contributed by atoms with E-state index in [4.69, 9.17) is 0 Å². The molecule has 0 aliphatic carbocycles. The number of thiophene rings is 1. The van der Waals surface area contributed by atoms with E-state index in [0.717, 1.165) is 32.8 Å². The highest BCUT2D eigenvalue weighted by Gasteiger charge is 2.20. The molecule has 0 N–H and O–H groups in total. The fourth-order valence-electron chi connectivity index (χ4n) is 2.04. The summed E-state index contributed by atoms with van der Waals surface area (Å²) >= 11 is 7.11. The van der Waals surface area contributed by atoms with Crippen LogP contribution in [0.3, 0.4) is 0 Å². The Labute approximate surface area is 121 Å². The molecule has 18 heavy (non-hydrogen) atoms. The molecule has 1 aliphatic rings. The molecule has 0 saturated heterocycles. The number of fused-ring (bicyclic) bond motifs is 3. The van der Waals surface area contributed by atoms with Gasteiger partial charge in [-0.3, -0.25) is 4.79 Å². The molecule has 0 radical (unpaired) electrons. The summed E-state index contributed by atoms with van der Waals surface area (Å²) < 4.78 is 3.93. The lowest BCUT2D eigenvalue weighted by Gasteiger charge is -2.07. The second-order valence-corrected chi connectivity index (χ2v) is 7.82. The molecule has 2 aromatic heterocycles. The predicted molar refractivity (Wildman–Crippen MR) is 79.6 cm³/mol. The average Bonchev–Trinajstić information content (AvgIpc) is 2.63. The zero-order valence-corrected chi connectivity index (χ0v) is 13.0. The molecule has 0 saturated carbocycles. The van der Waals surface area contributed by atoms with Gasteiger partial charge in [0.1, 0.15) is 0 Å². The van der Waals surface area contributed by atoms with Gasteiger partial charge in [0.15, 0.2) is 0 Å². The SMILES string of the molecule is CCn1nc2c(cc1=O)CCSc1sc(Br)cc1-2. The molecule has 0 atom stereocenters. The van der Waals surface area contributed by atoms with Crippen LogP contribution in [0.15, 0.2) is 24.9 Å². The first kappa shape index (κ1) is 12.4. The maximum absolute atomic E-state index is 11.8. The molecule has 1 aliphatic heterocycles. The van der Waals surface area contributed by atoms with Crippen LogP contribution >= 0.6 is 39.0 Å². The van der Waals surface area contributed by atoms with Crippen LogP contribution in [0.1, 0.15) is 12.5 Å². The van der Waals surface area contributed by atoms with E-state index in [9.17, 15) is 4.79 Å². The topological polar surface area (TPSA) is 34.9 Å². The lowest BCUT2D eigenvalue weighted by molar-refractivity contribution is 0.615. The fraction of sp³-hybridized carbons (Fsp3) is 0.333. The second kappa shape index (κ2) is 4.83. The van der Waals surface area contributed by atoms with Crippen LogP contribution in [-0.4, -0.2) is 15.5 Å². The van der Waals surface area contributed by atoms with Crippen molar-refractivity contribution in [3.8, 4) is 11.3 Å². The zero-order chi connectivity index (χ0) is 12.7. The summed E-state index contributed by atoms with van der Waals surface area (Å²) in [6.45, 7) is 2.55. The first-order valence-electron chi connectivity index (χ1n) is 5.72. The van der Waals surface area contributed by atoms with Crippen LogP contribution in [0.5, 0.6) is 0 Å². The van der Waals surface area contributed by atoms with E-state index in [0.29, 0.717) is 6.54 Å². The quantitative estimate of drug-likeness (QED) is 0.796. The number of halogens is 1. The molecule has 0 aromatic carbocycles. The Bertz CT molecular complexity index is 663. The summed E-state index contributed by atoms with van der Waals surface area (Å²) in [6, 6.07) is 3.85. The highest BCUT2D eigenvalue weighted by molar-refractivity contribution is 9.11. The van der Waals surface area contributed by atoms with Crippen molar-refractivity contribution in [2.75, 3.05) is 5.75 Å². The molecule has 0 bridgehead atoms. The number of thioether (sulfide) groups is 1. The van der Waals surface area contributed by atoms with Crippen LogP contribution in [0.2, 0.25) is 0 Å². The van der Waals surface area contributed by atoms with Crippen molar-refractivity contribution in [3.63, 3.8) is 0 Å². The Balaban J connectivity index is 2.28. The Morgan fingerprint density at radius 2 is 2.33 bits per heavy atom. The predicted octanol–water partition coefficient (Wildman–Crippen LogP) is 3.40. The van der Waals surface area contributed by atoms with Gasteiger partial charge in [0.2, 0.25) is 0 Å². The van der Waals surface area contributed by atoms with E-state index >= 15 is 0 Å². The number of hydrogen-bond donors (Lipinski definition) is 0. The van der Waals surface area contributed by atoms with Crippen molar-refractivity contribution in [3.05, 3.63) is 31.8 Å². The summed E-state index contributed by atoms with van der Waals surface area (Å²) in [5.41, 5.74) is 3.20. The van der Waals surface area contributed by atoms with Gasteiger partial charge in [-0.15, -0.1) is 23.1 Å². The van der Waals surface area contributed by atoms with Crippen molar-refractivity contribution in [1.29, 1.82) is 0 Å². The highest BCUT2D eigenvalue weighted by Crippen LogP contribution is 2.43. The van der Waals surface area contributed by atoms with Gasteiger partial charge in [0.25, 0.3) is 5.56 Å². The zero-order valence-electron chi connectivity index (χ0n) is 9.77. The van der Waals surface area contributed by atoms with Crippen LogP contribution < -0.4 is 5.56 Å². The summed E-state index contributed by atoms with van der Waals surface area (Å²) in [6.07, 6.45) is 0.909. The van der Waals surface area contributed by atoms with Gasteiger partial charge in [0.05, 0.1) is 13.7 Å². The van der Waals surface area contributed by atoms with Crippen molar-refractivity contribution in [2.24, 2.45) is 0 Å². The van der Waals surface area contributed by atoms with Gasteiger partial charge in [-0.1, -0.05) is 0 Å². The molecule has 0 fully saturated rings. The van der Waals surface area contributed by atoms with E-state index in [2.05, 4.69) is 27.1 Å². The molecule has 94 valence electrons. The average molecular weight is 343 g/mol. The van der Waals surface area contributed by atoms with Crippen LogP contribution in [0.4, 0.5) is 0 Å². The molecule has 0 spiro atoms. The van der Waals surface area contributed by atoms with Crippen molar-refractivity contribution < 1.29 is 0 Å². The van der Waals surface area contributed by atoms with Gasteiger partial charge in [-0.25, -0.2) is 4.68 Å².